The Balaban J connectivity index is 3.81. The molecule has 0 aliphatic carbocycles. The lowest BCUT2D eigenvalue weighted by molar-refractivity contribution is 0.569. The summed E-state index contributed by atoms with van der Waals surface area (Å²) in [6.45, 7) is 7.23. The molecule has 0 spiro atoms. The van der Waals surface area contributed by atoms with Crippen molar-refractivity contribution in [1.82, 2.24) is 0 Å². The fraction of sp³-hybridized carbons (Fsp3) is 0.250. The van der Waals surface area contributed by atoms with Gasteiger partial charge in [-0.3, -0.25) is 0 Å². The normalized spacial score (nSPS) is 8.50. The molecular formula is C8H12OSi. The van der Waals surface area contributed by atoms with Gasteiger partial charge in [0.1, 0.15) is 5.94 Å². The fourth-order valence-corrected chi connectivity index (χ4v) is 2.27. The highest BCUT2D eigenvalue weighted by atomic mass is 28.3. The molecule has 0 bridgehead atoms. The molecule has 54 valence electrons. The lowest BCUT2D eigenvalue weighted by Gasteiger charge is -1.99. The van der Waals surface area contributed by atoms with Gasteiger partial charge in [0, 0.05) is 0 Å². The van der Waals surface area contributed by atoms with E-state index >= 15 is 0 Å². The minimum absolute atomic E-state index is 0.960. The van der Waals surface area contributed by atoms with Crippen LogP contribution in [0.25, 0.3) is 0 Å². The summed E-state index contributed by atoms with van der Waals surface area (Å²) >= 11 is 0. The van der Waals surface area contributed by atoms with Crippen LogP contribution in [-0.4, -0.2) is 14.7 Å². The Labute approximate surface area is 63.4 Å². The molecule has 0 aromatic carbocycles. The van der Waals surface area contributed by atoms with Crippen molar-refractivity contribution in [1.29, 1.82) is 0 Å². The zero-order chi connectivity index (χ0) is 7.82. The van der Waals surface area contributed by atoms with Gasteiger partial charge in [-0.1, -0.05) is 12.2 Å². The quantitative estimate of drug-likeness (QED) is 0.331. The highest BCUT2D eigenvalue weighted by Gasteiger charge is 2.00. The van der Waals surface area contributed by atoms with E-state index in [0.717, 1.165) is 12.1 Å². The summed E-state index contributed by atoms with van der Waals surface area (Å²) in [5.74, 6) is 1.83. The molecule has 0 heterocycles. The van der Waals surface area contributed by atoms with Gasteiger partial charge in [0.25, 0.3) is 0 Å². The maximum Gasteiger partial charge on any atom is 0.115 e. The predicted molar refractivity (Wildman–Crippen MR) is 47.4 cm³/mol. The van der Waals surface area contributed by atoms with Crippen molar-refractivity contribution in [2.45, 2.75) is 12.1 Å². The molecule has 0 amide bonds. The molecule has 0 N–H and O–H groups in total. The average molecular weight is 152 g/mol. The second-order valence-corrected chi connectivity index (χ2v) is 4.89. The first-order chi connectivity index (χ1) is 4.85. The molecule has 0 saturated carbocycles. The number of allylic oxidation sites excluding steroid dienone is 2. The molecule has 1 nitrogen and oxygen atoms in total. The van der Waals surface area contributed by atoms with E-state index < -0.39 is 8.80 Å². The molecular weight excluding hydrogens is 140 g/mol. The molecule has 0 aromatic heterocycles. The monoisotopic (exact) mass is 152 g/mol. The van der Waals surface area contributed by atoms with E-state index in [4.69, 9.17) is 0 Å². The topological polar surface area (TPSA) is 17.1 Å². The zero-order valence-electron chi connectivity index (χ0n) is 6.05. The third kappa shape index (κ3) is 4.07. The van der Waals surface area contributed by atoms with Crippen molar-refractivity contribution >= 4 is 14.7 Å². The molecule has 0 aliphatic rings. The Hall–Kier alpha value is -0.853. The summed E-state index contributed by atoms with van der Waals surface area (Å²) in [5, 5.41) is 0. The van der Waals surface area contributed by atoms with Crippen molar-refractivity contribution in [3.63, 3.8) is 0 Å². The third-order valence-electron chi connectivity index (χ3n) is 1.24. The molecule has 2 heteroatoms. The van der Waals surface area contributed by atoms with Gasteiger partial charge >= 0.3 is 0 Å². The van der Waals surface area contributed by atoms with Crippen LogP contribution in [0, 0.1) is 0 Å². The van der Waals surface area contributed by atoms with Crippen LogP contribution in [-0.2, 0) is 4.79 Å². The minimum Gasteiger partial charge on any atom is -0.234 e. The van der Waals surface area contributed by atoms with Gasteiger partial charge < -0.3 is 0 Å². The molecule has 0 atom stereocenters. The molecule has 10 heavy (non-hydrogen) atoms. The minimum atomic E-state index is -1.02. The van der Waals surface area contributed by atoms with Crippen molar-refractivity contribution in [2.75, 3.05) is 0 Å². The van der Waals surface area contributed by atoms with Gasteiger partial charge in [0.15, 0.2) is 0 Å². The first kappa shape index (κ1) is 9.15. The van der Waals surface area contributed by atoms with Gasteiger partial charge in [-0.25, -0.2) is 4.79 Å². The molecule has 0 aliphatic heterocycles. The largest absolute Gasteiger partial charge is 0.234 e. The SMILES string of the molecule is C=CC[SiH](C=C=O)CC=C. The highest BCUT2D eigenvalue weighted by Crippen LogP contribution is 2.00. The summed E-state index contributed by atoms with van der Waals surface area (Å²) in [7, 11) is -1.02. The Morgan fingerprint density at radius 1 is 1.30 bits per heavy atom. The van der Waals surface area contributed by atoms with Crippen molar-refractivity contribution in [3.05, 3.63) is 31.0 Å². The number of hydrogen-bond acceptors (Lipinski definition) is 1. The fourth-order valence-electron chi connectivity index (χ4n) is 0.757. The number of carbonyl (C=O) groups excluding carboxylic acids is 1. The Morgan fingerprint density at radius 3 is 2.10 bits per heavy atom. The summed E-state index contributed by atoms with van der Waals surface area (Å²) < 4.78 is 0. The highest BCUT2D eigenvalue weighted by molar-refractivity contribution is 6.66. The molecule has 0 saturated heterocycles. The van der Waals surface area contributed by atoms with Gasteiger partial charge in [0.05, 0.1) is 8.80 Å². The Kier molecular flexibility index (Phi) is 5.73. The van der Waals surface area contributed by atoms with E-state index in [0.29, 0.717) is 0 Å². The smallest absolute Gasteiger partial charge is 0.115 e. The van der Waals surface area contributed by atoms with E-state index in [9.17, 15) is 4.79 Å². The Morgan fingerprint density at radius 2 is 1.80 bits per heavy atom. The van der Waals surface area contributed by atoms with Crippen LogP contribution in [0.2, 0.25) is 12.1 Å². The van der Waals surface area contributed by atoms with Crippen LogP contribution in [0.3, 0.4) is 0 Å². The van der Waals surface area contributed by atoms with Crippen LogP contribution < -0.4 is 0 Å². The van der Waals surface area contributed by atoms with Crippen LogP contribution >= 0.6 is 0 Å². The van der Waals surface area contributed by atoms with Crippen molar-refractivity contribution in [2.24, 2.45) is 0 Å². The molecule has 0 aromatic rings. The standard InChI is InChI=1S/C8H12OSi/c1-3-6-10(7-4-2)8-5-9/h3-4,8,10H,1-2,6-7H2. The van der Waals surface area contributed by atoms with Crippen LogP contribution in [0.4, 0.5) is 0 Å². The predicted octanol–water partition coefficient (Wildman–Crippen LogP) is 1.51. The molecule has 0 radical (unpaired) electrons. The van der Waals surface area contributed by atoms with Crippen LogP contribution in [0.15, 0.2) is 31.0 Å². The number of hydrogen-bond donors (Lipinski definition) is 0. The third-order valence-corrected chi connectivity index (χ3v) is 3.73. The lowest BCUT2D eigenvalue weighted by atomic mass is 10.7. The Bertz CT molecular complexity index is 147. The van der Waals surface area contributed by atoms with Gasteiger partial charge in [-0.2, -0.15) is 0 Å². The van der Waals surface area contributed by atoms with Crippen molar-refractivity contribution < 1.29 is 4.79 Å². The maximum absolute atomic E-state index is 9.95. The van der Waals surface area contributed by atoms with E-state index in [2.05, 4.69) is 13.2 Å². The molecule has 0 fully saturated rings. The van der Waals surface area contributed by atoms with Gasteiger partial charge in [0.2, 0.25) is 0 Å². The zero-order valence-corrected chi connectivity index (χ0v) is 7.20. The summed E-state index contributed by atoms with van der Waals surface area (Å²) in [6, 6.07) is 1.92. The van der Waals surface area contributed by atoms with E-state index in [1.807, 2.05) is 18.1 Å². The summed E-state index contributed by atoms with van der Waals surface area (Å²) in [6.07, 6.45) is 3.71. The second-order valence-electron chi connectivity index (χ2n) is 2.09. The van der Waals surface area contributed by atoms with Gasteiger partial charge in [-0.15, -0.1) is 13.2 Å². The molecule has 0 unspecified atom stereocenters. The molecule has 0 rings (SSSR count). The first-order valence-electron chi connectivity index (χ1n) is 3.28. The van der Waals surface area contributed by atoms with Gasteiger partial charge in [-0.05, 0) is 17.8 Å². The van der Waals surface area contributed by atoms with Crippen molar-refractivity contribution in [3.8, 4) is 0 Å². The first-order valence-corrected chi connectivity index (χ1v) is 5.58. The number of rotatable bonds is 5. The summed E-state index contributed by atoms with van der Waals surface area (Å²) in [4.78, 5) is 9.95. The second kappa shape index (κ2) is 6.27. The lowest BCUT2D eigenvalue weighted by Crippen LogP contribution is -2.05. The van der Waals surface area contributed by atoms with Crippen LogP contribution in [0.1, 0.15) is 0 Å². The van der Waals surface area contributed by atoms with E-state index in [1.165, 1.54) is 0 Å². The average Bonchev–Trinajstić information content (AvgIpc) is 1.90. The van der Waals surface area contributed by atoms with Crippen LogP contribution in [0.5, 0.6) is 0 Å². The summed E-state index contributed by atoms with van der Waals surface area (Å²) in [5.41, 5.74) is 1.66. The maximum atomic E-state index is 9.95. The van der Waals surface area contributed by atoms with E-state index in [-0.39, 0.29) is 0 Å². The van der Waals surface area contributed by atoms with E-state index in [1.54, 1.807) is 5.70 Å².